The van der Waals surface area contributed by atoms with Crippen molar-refractivity contribution in [3.8, 4) is 5.75 Å². The molecule has 23 heavy (non-hydrogen) atoms. The molecule has 0 unspecified atom stereocenters. The van der Waals surface area contributed by atoms with Crippen LogP contribution >= 0.6 is 0 Å². The Morgan fingerprint density at radius 1 is 1.17 bits per heavy atom. The summed E-state index contributed by atoms with van der Waals surface area (Å²) in [5, 5.41) is 2.93. The van der Waals surface area contributed by atoms with Gasteiger partial charge in [0.1, 0.15) is 12.4 Å². The van der Waals surface area contributed by atoms with E-state index in [0.29, 0.717) is 19.1 Å². The summed E-state index contributed by atoms with van der Waals surface area (Å²) in [5.41, 5.74) is 1.30. The highest BCUT2D eigenvalue weighted by molar-refractivity contribution is 5.74. The van der Waals surface area contributed by atoms with Crippen molar-refractivity contribution in [1.82, 2.24) is 15.1 Å². The van der Waals surface area contributed by atoms with Crippen molar-refractivity contribution >= 4 is 6.03 Å². The molecule has 1 aliphatic heterocycles. The quantitative estimate of drug-likeness (QED) is 0.820. The first-order chi connectivity index (χ1) is 11.1. The first kappa shape index (κ1) is 17.6. The lowest BCUT2D eigenvalue weighted by atomic mass is 10.0. The largest absolute Gasteiger partial charge is 0.492 e. The van der Waals surface area contributed by atoms with E-state index in [2.05, 4.69) is 43.1 Å². The average molecular weight is 319 g/mol. The average Bonchev–Trinajstić information content (AvgIpc) is 2.59. The van der Waals surface area contributed by atoms with Crippen molar-refractivity contribution in [2.45, 2.75) is 26.7 Å². The zero-order valence-electron chi connectivity index (χ0n) is 14.5. The molecule has 128 valence electrons. The topological polar surface area (TPSA) is 44.8 Å². The van der Waals surface area contributed by atoms with Crippen LogP contribution in [0.1, 0.15) is 32.3 Å². The number of piperazine rings is 1. The number of benzene rings is 1. The first-order valence-electron chi connectivity index (χ1n) is 8.58. The van der Waals surface area contributed by atoms with Gasteiger partial charge < -0.3 is 19.9 Å². The number of nitrogens with one attached hydrogen (secondary N) is 1. The molecule has 2 amide bonds. The van der Waals surface area contributed by atoms with Crippen LogP contribution in [0.3, 0.4) is 0 Å². The van der Waals surface area contributed by atoms with Gasteiger partial charge in [-0.25, -0.2) is 4.79 Å². The second kappa shape index (κ2) is 8.77. The van der Waals surface area contributed by atoms with Crippen molar-refractivity contribution in [2.75, 3.05) is 45.9 Å². The molecule has 0 saturated carbocycles. The molecule has 0 bridgehead atoms. The van der Waals surface area contributed by atoms with Crippen LogP contribution in [0, 0.1) is 0 Å². The van der Waals surface area contributed by atoms with Gasteiger partial charge in [0.15, 0.2) is 0 Å². The van der Waals surface area contributed by atoms with Crippen molar-refractivity contribution < 1.29 is 9.53 Å². The Kier molecular flexibility index (Phi) is 6.71. The number of hydrogen-bond donors (Lipinski definition) is 1. The SMILES string of the molecule is CCN1CCN(C(=O)NCCOc2ccc(C(C)C)cc2)CC1. The van der Waals surface area contributed by atoms with Gasteiger partial charge in [-0.05, 0) is 30.2 Å². The Hall–Kier alpha value is -1.75. The third-order valence-electron chi connectivity index (χ3n) is 4.30. The molecule has 0 spiro atoms. The van der Waals surface area contributed by atoms with Crippen LogP contribution < -0.4 is 10.1 Å². The maximum atomic E-state index is 12.1. The molecule has 1 fully saturated rings. The zero-order chi connectivity index (χ0) is 16.7. The number of amides is 2. The normalized spacial score (nSPS) is 15.7. The van der Waals surface area contributed by atoms with E-state index in [-0.39, 0.29) is 6.03 Å². The Balaban J connectivity index is 1.64. The summed E-state index contributed by atoms with van der Waals surface area (Å²) < 4.78 is 5.67. The van der Waals surface area contributed by atoms with Gasteiger partial charge in [0.25, 0.3) is 0 Å². The zero-order valence-corrected chi connectivity index (χ0v) is 14.5. The Morgan fingerprint density at radius 3 is 2.39 bits per heavy atom. The first-order valence-corrected chi connectivity index (χ1v) is 8.58. The standard InChI is InChI=1S/C18H29N3O2/c1-4-20-10-12-21(13-11-20)18(22)19-9-14-23-17-7-5-16(6-8-17)15(2)3/h5-8,15H,4,9-14H2,1-3H3,(H,19,22). The van der Waals surface area contributed by atoms with Crippen LogP contribution in [0.15, 0.2) is 24.3 Å². The molecule has 0 radical (unpaired) electrons. The summed E-state index contributed by atoms with van der Waals surface area (Å²) in [6.07, 6.45) is 0. The molecule has 5 heteroatoms. The van der Waals surface area contributed by atoms with Crippen LogP contribution in [0.2, 0.25) is 0 Å². The molecular weight excluding hydrogens is 290 g/mol. The summed E-state index contributed by atoms with van der Waals surface area (Å²) in [7, 11) is 0. The summed E-state index contributed by atoms with van der Waals surface area (Å²) in [6.45, 7) is 12.1. The number of hydrogen-bond acceptors (Lipinski definition) is 3. The highest BCUT2D eigenvalue weighted by Gasteiger charge is 2.19. The smallest absolute Gasteiger partial charge is 0.317 e. The number of carbonyl (C=O) groups is 1. The lowest BCUT2D eigenvalue weighted by Crippen LogP contribution is -2.52. The van der Waals surface area contributed by atoms with Gasteiger partial charge >= 0.3 is 6.03 Å². The molecular formula is C18H29N3O2. The molecule has 1 heterocycles. The van der Waals surface area contributed by atoms with Crippen molar-refractivity contribution in [3.63, 3.8) is 0 Å². The molecule has 1 saturated heterocycles. The molecule has 0 aromatic heterocycles. The molecule has 1 aliphatic rings. The van der Waals surface area contributed by atoms with Gasteiger partial charge in [0, 0.05) is 26.2 Å². The fourth-order valence-electron chi connectivity index (χ4n) is 2.65. The lowest BCUT2D eigenvalue weighted by molar-refractivity contribution is 0.142. The van der Waals surface area contributed by atoms with E-state index in [0.717, 1.165) is 38.5 Å². The Bertz CT molecular complexity index is 480. The molecule has 1 N–H and O–H groups in total. The van der Waals surface area contributed by atoms with Crippen LogP contribution in [0.5, 0.6) is 5.75 Å². The molecule has 5 nitrogen and oxygen atoms in total. The number of nitrogens with zero attached hydrogens (tertiary/aromatic N) is 2. The number of ether oxygens (including phenoxy) is 1. The summed E-state index contributed by atoms with van der Waals surface area (Å²) >= 11 is 0. The van der Waals surface area contributed by atoms with E-state index in [9.17, 15) is 4.79 Å². The second-order valence-electron chi connectivity index (χ2n) is 6.23. The third-order valence-corrected chi connectivity index (χ3v) is 4.30. The third kappa shape index (κ3) is 5.43. The maximum Gasteiger partial charge on any atom is 0.317 e. The number of likely N-dealkylation sites (N-methyl/N-ethyl adjacent to an activating group) is 1. The minimum Gasteiger partial charge on any atom is -0.492 e. The van der Waals surface area contributed by atoms with E-state index >= 15 is 0 Å². The molecule has 2 rings (SSSR count). The fourth-order valence-corrected chi connectivity index (χ4v) is 2.65. The summed E-state index contributed by atoms with van der Waals surface area (Å²) in [4.78, 5) is 16.3. The minimum atomic E-state index is 0.0134. The van der Waals surface area contributed by atoms with Crippen molar-refractivity contribution in [3.05, 3.63) is 29.8 Å². The predicted octanol–water partition coefficient (Wildman–Crippen LogP) is 2.54. The highest BCUT2D eigenvalue weighted by atomic mass is 16.5. The second-order valence-corrected chi connectivity index (χ2v) is 6.23. The van der Waals surface area contributed by atoms with E-state index in [1.165, 1.54) is 5.56 Å². The fraction of sp³-hybridized carbons (Fsp3) is 0.611. The summed E-state index contributed by atoms with van der Waals surface area (Å²) in [5.74, 6) is 1.37. The Morgan fingerprint density at radius 2 is 1.83 bits per heavy atom. The number of carbonyl (C=O) groups excluding carboxylic acids is 1. The number of urea groups is 1. The van der Waals surface area contributed by atoms with E-state index < -0.39 is 0 Å². The van der Waals surface area contributed by atoms with E-state index in [1.54, 1.807) is 0 Å². The monoisotopic (exact) mass is 319 g/mol. The van der Waals surface area contributed by atoms with Gasteiger partial charge in [-0.2, -0.15) is 0 Å². The maximum absolute atomic E-state index is 12.1. The van der Waals surface area contributed by atoms with Gasteiger partial charge in [-0.3, -0.25) is 0 Å². The van der Waals surface area contributed by atoms with Crippen LogP contribution in [0.4, 0.5) is 4.79 Å². The lowest BCUT2D eigenvalue weighted by Gasteiger charge is -2.33. The van der Waals surface area contributed by atoms with Gasteiger partial charge in [-0.15, -0.1) is 0 Å². The predicted molar refractivity (Wildman–Crippen MR) is 93.1 cm³/mol. The van der Waals surface area contributed by atoms with Gasteiger partial charge in [-0.1, -0.05) is 32.9 Å². The molecule has 0 atom stereocenters. The van der Waals surface area contributed by atoms with Crippen LogP contribution in [-0.4, -0.2) is 61.7 Å². The summed E-state index contributed by atoms with van der Waals surface area (Å²) in [6, 6.07) is 8.17. The molecule has 1 aromatic rings. The van der Waals surface area contributed by atoms with Crippen LogP contribution in [0.25, 0.3) is 0 Å². The molecule has 1 aromatic carbocycles. The minimum absolute atomic E-state index is 0.0134. The van der Waals surface area contributed by atoms with E-state index in [1.807, 2.05) is 17.0 Å². The van der Waals surface area contributed by atoms with Gasteiger partial charge in [0.05, 0.1) is 6.54 Å². The number of rotatable bonds is 6. The van der Waals surface area contributed by atoms with Crippen LogP contribution in [-0.2, 0) is 0 Å². The molecule has 0 aliphatic carbocycles. The Labute approximate surface area is 139 Å². The van der Waals surface area contributed by atoms with Crippen molar-refractivity contribution in [1.29, 1.82) is 0 Å². The van der Waals surface area contributed by atoms with Gasteiger partial charge in [0.2, 0.25) is 0 Å². The van der Waals surface area contributed by atoms with E-state index in [4.69, 9.17) is 4.74 Å². The highest BCUT2D eigenvalue weighted by Crippen LogP contribution is 2.18. The van der Waals surface area contributed by atoms with Crippen molar-refractivity contribution in [2.24, 2.45) is 0 Å².